The molecular formula is C25H31NO6S. The van der Waals surface area contributed by atoms with Crippen LogP contribution in [0, 0.1) is 0 Å². The first-order valence-corrected chi connectivity index (χ1v) is 12.8. The fourth-order valence-electron chi connectivity index (χ4n) is 3.85. The monoisotopic (exact) mass is 473 g/mol. The third-order valence-electron chi connectivity index (χ3n) is 5.65. The van der Waals surface area contributed by atoms with Gasteiger partial charge in [0, 0.05) is 18.5 Å². The minimum Gasteiger partial charge on any atom is -0.493 e. The van der Waals surface area contributed by atoms with Crippen LogP contribution in [-0.4, -0.2) is 42.6 Å². The van der Waals surface area contributed by atoms with Crippen molar-refractivity contribution in [1.82, 2.24) is 0 Å². The van der Waals surface area contributed by atoms with Crippen molar-refractivity contribution in [3.8, 4) is 5.75 Å². The van der Waals surface area contributed by atoms with Gasteiger partial charge in [-0.1, -0.05) is 55.3 Å². The molecule has 1 saturated carbocycles. The fourth-order valence-corrected chi connectivity index (χ4v) is 5.43. The van der Waals surface area contributed by atoms with Gasteiger partial charge in [0.05, 0.1) is 18.0 Å². The smallest absolute Gasteiger partial charge is 0.303 e. The Morgan fingerprint density at radius 3 is 2.67 bits per heavy atom. The van der Waals surface area contributed by atoms with Crippen LogP contribution in [0.5, 0.6) is 5.75 Å². The molecule has 2 aromatic carbocycles. The lowest BCUT2D eigenvalue weighted by atomic mass is 10.1. The zero-order valence-electron chi connectivity index (χ0n) is 18.5. The van der Waals surface area contributed by atoms with Crippen molar-refractivity contribution in [2.24, 2.45) is 0 Å². The van der Waals surface area contributed by atoms with Crippen molar-refractivity contribution in [3.05, 3.63) is 65.7 Å². The van der Waals surface area contributed by atoms with E-state index in [0.717, 1.165) is 24.0 Å². The molecule has 178 valence electrons. The van der Waals surface area contributed by atoms with E-state index in [1.165, 1.54) is 0 Å². The third kappa shape index (κ3) is 7.91. The summed E-state index contributed by atoms with van der Waals surface area (Å²) < 4.78 is 33.4. The first-order valence-electron chi connectivity index (χ1n) is 11.2. The van der Waals surface area contributed by atoms with Gasteiger partial charge in [0.25, 0.3) is 0 Å². The summed E-state index contributed by atoms with van der Waals surface area (Å²) in [7, 11) is -3.38. The minimum absolute atomic E-state index is 0.0294. The molecule has 1 atom stereocenters. The Bertz CT molecular complexity index is 1060. The van der Waals surface area contributed by atoms with Crippen molar-refractivity contribution in [2.45, 2.75) is 56.3 Å². The zero-order valence-corrected chi connectivity index (χ0v) is 19.3. The van der Waals surface area contributed by atoms with E-state index in [2.05, 4.69) is 4.72 Å². The molecule has 7 nitrogen and oxygen atoms in total. The van der Waals surface area contributed by atoms with Gasteiger partial charge in [-0.2, -0.15) is 0 Å². The molecule has 3 rings (SSSR count). The van der Waals surface area contributed by atoms with E-state index in [9.17, 15) is 18.3 Å². The maximum atomic E-state index is 12.5. The minimum atomic E-state index is -3.38. The number of nitrogens with one attached hydrogen (secondary N) is 1. The van der Waals surface area contributed by atoms with E-state index >= 15 is 0 Å². The number of sulfonamides is 1. The first kappa shape index (κ1) is 24.8. The molecule has 0 aromatic heterocycles. The number of aliphatic hydroxyl groups excluding tert-OH is 1. The lowest BCUT2D eigenvalue weighted by molar-refractivity contribution is -0.136. The maximum Gasteiger partial charge on any atom is 0.303 e. The van der Waals surface area contributed by atoms with E-state index in [4.69, 9.17) is 9.84 Å². The molecule has 0 aliphatic heterocycles. The molecule has 0 spiro atoms. The molecule has 3 N–H and O–H groups in total. The van der Waals surface area contributed by atoms with Gasteiger partial charge in [-0.3, -0.25) is 9.52 Å². The quantitative estimate of drug-likeness (QED) is 0.425. The second-order valence-corrected chi connectivity index (χ2v) is 10.2. The number of carboxylic acid groups (broad SMARTS) is 1. The predicted octanol–water partition coefficient (Wildman–Crippen LogP) is 4.23. The number of anilines is 1. The highest BCUT2D eigenvalue weighted by Gasteiger charge is 2.28. The number of carboxylic acids is 1. The first-order chi connectivity index (χ1) is 15.8. The van der Waals surface area contributed by atoms with Crippen molar-refractivity contribution < 1.29 is 28.2 Å². The number of aliphatic hydroxyl groups is 1. The van der Waals surface area contributed by atoms with Gasteiger partial charge in [-0.15, -0.1) is 0 Å². The van der Waals surface area contributed by atoms with Crippen LogP contribution in [0.2, 0.25) is 0 Å². The topological polar surface area (TPSA) is 113 Å². The number of aliphatic carboxylic acids is 1. The highest BCUT2D eigenvalue weighted by atomic mass is 32.2. The van der Waals surface area contributed by atoms with Crippen LogP contribution in [0.3, 0.4) is 0 Å². The van der Waals surface area contributed by atoms with Crippen LogP contribution in [0.25, 0.3) is 6.08 Å². The van der Waals surface area contributed by atoms with Gasteiger partial charge in [0.15, 0.2) is 0 Å². The SMILES string of the molecule is O=C(O)CCc1ccccc1OCC[C@@H](O)/C=C/c1cccc(NS(=O)(=O)C2CCCC2)c1. The number of aryl methyl sites for hydroxylation is 1. The largest absolute Gasteiger partial charge is 0.493 e. The van der Waals surface area contributed by atoms with Crippen LogP contribution >= 0.6 is 0 Å². The van der Waals surface area contributed by atoms with E-state index in [1.54, 1.807) is 36.4 Å². The van der Waals surface area contributed by atoms with Crippen molar-refractivity contribution in [2.75, 3.05) is 11.3 Å². The van der Waals surface area contributed by atoms with Crippen LogP contribution < -0.4 is 9.46 Å². The van der Waals surface area contributed by atoms with E-state index < -0.39 is 22.1 Å². The molecule has 0 bridgehead atoms. The lowest BCUT2D eigenvalue weighted by Crippen LogP contribution is -2.25. The Kier molecular flexibility index (Phi) is 8.91. The second-order valence-electron chi connectivity index (χ2n) is 8.24. The normalized spacial score (nSPS) is 15.5. The molecule has 1 fully saturated rings. The van der Waals surface area contributed by atoms with Crippen molar-refractivity contribution in [3.63, 3.8) is 0 Å². The van der Waals surface area contributed by atoms with Crippen molar-refractivity contribution in [1.29, 1.82) is 0 Å². The summed E-state index contributed by atoms with van der Waals surface area (Å²) in [6.45, 7) is 0.275. The highest BCUT2D eigenvalue weighted by Crippen LogP contribution is 2.26. The Hall–Kier alpha value is -2.84. The summed E-state index contributed by atoms with van der Waals surface area (Å²) in [6.07, 6.45) is 6.72. The number of hydrogen-bond acceptors (Lipinski definition) is 5. The van der Waals surface area contributed by atoms with E-state index in [0.29, 0.717) is 37.1 Å². The summed E-state index contributed by atoms with van der Waals surface area (Å²) in [5.41, 5.74) is 2.11. The predicted molar refractivity (Wildman–Crippen MR) is 129 cm³/mol. The Labute approximate surface area is 195 Å². The molecule has 0 amide bonds. The Morgan fingerprint density at radius 2 is 1.91 bits per heavy atom. The molecule has 0 heterocycles. The zero-order chi connectivity index (χ0) is 23.7. The van der Waals surface area contributed by atoms with Crippen LogP contribution in [0.4, 0.5) is 5.69 Å². The Morgan fingerprint density at radius 1 is 1.15 bits per heavy atom. The summed E-state index contributed by atoms with van der Waals surface area (Å²) in [5.74, 6) is -0.238. The van der Waals surface area contributed by atoms with Crippen molar-refractivity contribution >= 4 is 27.8 Å². The van der Waals surface area contributed by atoms with Gasteiger partial charge in [-0.25, -0.2) is 8.42 Å². The van der Waals surface area contributed by atoms with Crippen LogP contribution in [0.15, 0.2) is 54.6 Å². The average Bonchev–Trinajstić information content (AvgIpc) is 3.33. The van der Waals surface area contributed by atoms with Gasteiger partial charge < -0.3 is 14.9 Å². The van der Waals surface area contributed by atoms with Gasteiger partial charge in [0.1, 0.15) is 5.75 Å². The summed E-state index contributed by atoms with van der Waals surface area (Å²) in [6, 6.07) is 14.4. The summed E-state index contributed by atoms with van der Waals surface area (Å²) in [5, 5.41) is 18.8. The molecule has 1 aliphatic rings. The third-order valence-corrected chi connectivity index (χ3v) is 7.52. The summed E-state index contributed by atoms with van der Waals surface area (Å²) in [4.78, 5) is 10.8. The van der Waals surface area contributed by atoms with Crippen LogP contribution in [0.1, 0.15) is 49.7 Å². The molecule has 0 unspecified atom stereocenters. The number of ether oxygens (including phenoxy) is 1. The van der Waals surface area contributed by atoms with E-state index in [1.807, 2.05) is 24.3 Å². The van der Waals surface area contributed by atoms with Crippen LogP contribution in [-0.2, 0) is 21.2 Å². The average molecular weight is 474 g/mol. The number of benzene rings is 2. The molecule has 2 aromatic rings. The molecule has 1 aliphatic carbocycles. The van der Waals surface area contributed by atoms with Gasteiger partial charge in [-0.05, 0) is 48.6 Å². The lowest BCUT2D eigenvalue weighted by Gasteiger charge is -2.14. The van der Waals surface area contributed by atoms with E-state index in [-0.39, 0.29) is 18.3 Å². The number of hydrogen-bond donors (Lipinski definition) is 3. The summed E-state index contributed by atoms with van der Waals surface area (Å²) >= 11 is 0. The second kappa shape index (κ2) is 11.9. The Balaban J connectivity index is 1.50. The molecule has 0 radical (unpaired) electrons. The fraction of sp³-hybridized carbons (Fsp3) is 0.400. The van der Waals surface area contributed by atoms with Gasteiger partial charge in [0.2, 0.25) is 10.0 Å². The number of carbonyl (C=O) groups is 1. The standard InChI is InChI=1S/C25H31NO6S/c27-22(16-17-32-24-11-4-1-7-20(24)13-15-25(28)29)14-12-19-6-5-8-21(18-19)26-33(30,31)23-9-2-3-10-23/h1,4-8,11-12,14,18,22-23,26-27H,2-3,9-10,13,15-17H2,(H,28,29)/b14-12+/t22-/m0/s1. The highest BCUT2D eigenvalue weighted by molar-refractivity contribution is 7.93. The number of rotatable bonds is 12. The number of para-hydroxylation sites is 1. The molecular weight excluding hydrogens is 442 g/mol. The molecule has 33 heavy (non-hydrogen) atoms. The molecule has 8 heteroatoms. The molecule has 0 saturated heterocycles. The maximum absolute atomic E-state index is 12.5. The van der Waals surface area contributed by atoms with Gasteiger partial charge >= 0.3 is 5.97 Å².